The fourth-order valence-electron chi connectivity index (χ4n) is 5.63. The summed E-state index contributed by atoms with van der Waals surface area (Å²) in [4.78, 5) is 30.6. The van der Waals surface area contributed by atoms with Crippen LogP contribution in [0.25, 0.3) is 22.0 Å². The number of para-hydroxylation sites is 1. The second-order valence-electron chi connectivity index (χ2n) is 12.2. The molecule has 0 saturated heterocycles. The molecule has 232 valence electrons. The average Bonchev–Trinajstić information content (AvgIpc) is 3.37. The summed E-state index contributed by atoms with van der Waals surface area (Å²) in [6.45, 7) is 5.73. The number of fused-ring (bicyclic) bond motifs is 3. The summed E-state index contributed by atoms with van der Waals surface area (Å²) >= 11 is 0. The van der Waals surface area contributed by atoms with Gasteiger partial charge in [-0.25, -0.2) is 13.2 Å². The molecule has 1 aromatic heterocycles. The Kier molecular flexibility index (Phi) is 9.24. The second-order valence-corrected chi connectivity index (χ2v) is 14.1. The van der Waals surface area contributed by atoms with Gasteiger partial charge in [-0.15, -0.1) is 0 Å². The van der Waals surface area contributed by atoms with E-state index >= 15 is 0 Å². The molecule has 5 rings (SSSR count). The van der Waals surface area contributed by atoms with Crippen LogP contribution in [0.3, 0.4) is 0 Å². The molecule has 1 aliphatic heterocycles. The lowest BCUT2D eigenvalue weighted by Gasteiger charge is -2.35. The van der Waals surface area contributed by atoms with Crippen molar-refractivity contribution in [3.8, 4) is 11.1 Å². The van der Waals surface area contributed by atoms with E-state index in [2.05, 4.69) is 10.3 Å². The van der Waals surface area contributed by atoms with E-state index < -0.39 is 39.6 Å². The quantitative estimate of drug-likeness (QED) is 0.171. The molecule has 0 fully saturated rings. The van der Waals surface area contributed by atoms with Crippen molar-refractivity contribution in [2.24, 2.45) is 5.73 Å². The highest BCUT2D eigenvalue weighted by Crippen LogP contribution is 2.34. The minimum atomic E-state index is -4.12. The molecule has 9 nitrogen and oxygen atoms in total. The zero-order valence-corrected chi connectivity index (χ0v) is 26.2. The Morgan fingerprint density at radius 2 is 1.64 bits per heavy atom. The van der Waals surface area contributed by atoms with Crippen LogP contribution >= 0.6 is 0 Å². The zero-order chi connectivity index (χ0) is 31.5. The van der Waals surface area contributed by atoms with E-state index in [0.717, 1.165) is 33.3 Å². The normalized spacial score (nSPS) is 16.3. The number of nitrogens with zero attached hydrogens (tertiary/aromatic N) is 1. The first kappa shape index (κ1) is 31.4. The van der Waals surface area contributed by atoms with Crippen LogP contribution in [0.5, 0.6) is 0 Å². The van der Waals surface area contributed by atoms with E-state index in [1.54, 1.807) is 45.0 Å². The van der Waals surface area contributed by atoms with Gasteiger partial charge in [-0.3, -0.25) is 4.79 Å². The van der Waals surface area contributed by atoms with Gasteiger partial charge in [0.2, 0.25) is 15.9 Å². The number of unbranched alkanes of at least 4 members (excludes halogenated alkanes) is 1. The number of ether oxygens (including phenoxy) is 1. The van der Waals surface area contributed by atoms with Crippen molar-refractivity contribution in [1.82, 2.24) is 14.6 Å². The molecule has 44 heavy (non-hydrogen) atoms. The van der Waals surface area contributed by atoms with E-state index in [1.807, 2.05) is 54.6 Å². The number of esters is 1. The van der Waals surface area contributed by atoms with Gasteiger partial charge in [0.1, 0.15) is 17.7 Å². The van der Waals surface area contributed by atoms with Gasteiger partial charge < -0.3 is 20.8 Å². The van der Waals surface area contributed by atoms with Gasteiger partial charge in [-0.2, -0.15) is 4.31 Å². The SMILES string of the molecule is CC(C)(C)OC(=O)C(CCCCN)NC(=O)C1Cc2c([nH]c3ccccc23)CN1S(=O)(=O)c1ccc(-c2ccccc2)cc1. The third-order valence-electron chi connectivity index (χ3n) is 7.79. The van der Waals surface area contributed by atoms with Crippen LogP contribution in [-0.2, 0) is 37.3 Å². The first-order valence-electron chi connectivity index (χ1n) is 15.0. The Morgan fingerprint density at radius 3 is 2.32 bits per heavy atom. The number of aromatic nitrogens is 1. The lowest BCUT2D eigenvalue weighted by atomic mass is 9.97. The molecule has 0 saturated carbocycles. The van der Waals surface area contributed by atoms with Crippen molar-refractivity contribution < 1.29 is 22.7 Å². The number of aromatic amines is 1. The Labute approximate surface area is 258 Å². The number of hydrogen-bond donors (Lipinski definition) is 3. The first-order valence-corrected chi connectivity index (χ1v) is 16.4. The number of amides is 1. The van der Waals surface area contributed by atoms with Crippen LogP contribution in [-0.4, -0.2) is 53.8 Å². The molecule has 2 unspecified atom stereocenters. The molecule has 0 aliphatic carbocycles. The highest BCUT2D eigenvalue weighted by atomic mass is 32.2. The summed E-state index contributed by atoms with van der Waals surface area (Å²) in [5, 5.41) is 3.79. The fourth-order valence-corrected chi connectivity index (χ4v) is 7.18. The predicted molar refractivity (Wildman–Crippen MR) is 171 cm³/mol. The van der Waals surface area contributed by atoms with Crippen molar-refractivity contribution in [2.75, 3.05) is 6.54 Å². The van der Waals surface area contributed by atoms with E-state index in [4.69, 9.17) is 10.5 Å². The van der Waals surface area contributed by atoms with Gasteiger partial charge >= 0.3 is 5.97 Å². The molecule has 0 radical (unpaired) electrons. The van der Waals surface area contributed by atoms with Crippen LogP contribution in [0.4, 0.5) is 0 Å². The summed E-state index contributed by atoms with van der Waals surface area (Å²) in [5.74, 6) is -1.11. The Balaban J connectivity index is 1.49. The molecule has 0 bridgehead atoms. The topological polar surface area (TPSA) is 135 Å². The molecule has 4 N–H and O–H groups in total. The van der Waals surface area contributed by atoms with E-state index in [1.165, 1.54) is 4.31 Å². The molecule has 1 aliphatic rings. The number of carbonyl (C=O) groups excluding carboxylic acids is 2. The zero-order valence-electron chi connectivity index (χ0n) is 25.4. The highest BCUT2D eigenvalue weighted by molar-refractivity contribution is 7.89. The maximum atomic E-state index is 14.2. The van der Waals surface area contributed by atoms with Gasteiger partial charge in [-0.1, -0.05) is 60.7 Å². The number of H-pyrrole nitrogens is 1. The van der Waals surface area contributed by atoms with E-state index in [0.29, 0.717) is 25.8 Å². The number of nitrogens with two attached hydrogens (primary N) is 1. The number of hydrogen-bond acceptors (Lipinski definition) is 6. The average molecular weight is 617 g/mol. The third kappa shape index (κ3) is 6.88. The van der Waals surface area contributed by atoms with Gasteiger partial charge in [0.05, 0.1) is 11.4 Å². The first-order chi connectivity index (χ1) is 21.0. The van der Waals surface area contributed by atoms with Gasteiger partial charge in [0.25, 0.3) is 0 Å². The molecule has 4 aromatic rings. The van der Waals surface area contributed by atoms with Crippen molar-refractivity contribution >= 4 is 32.8 Å². The summed E-state index contributed by atoms with van der Waals surface area (Å²) in [6, 6.07) is 22.1. The fraction of sp³-hybridized carbons (Fsp3) is 0.353. The smallest absolute Gasteiger partial charge is 0.329 e. The third-order valence-corrected chi connectivity index (χ3v) is 9.66. The molecule has 2 heterocycles. The van der Waals surface area contributed by atoms with E-state index in [-0.39, 0.29) is 17.9 Å². The molecular weight excluding hydrogens is 576 g/mol. The molecule has 2 atom stereocenters. The van der Waals surface area contributed by atoms with Crippen LogP contribution in [0, 0.1) is 0 Å². The van der Waals surface area contributed by atoms with Crippen molar-refractivity contribution in [2.45, 2.75) is 75.6 Å². The number of rotatable bonds is 10. The Bertz CT molecular complexity index is 1730. The lowest BCUT2D eigenvalue weighted by Crippen LogP contribution is -2.55. The monoisotopic (exact) mass is 616 g/mol. The summed E-state index contributed by atoms with van der Waals surface area (Å²) in [7, 11) is -4.12. The van der Waals surface area contributed by atoms with Crippen molar-refractivity contribution in [3.63, 3.8) is 0 Å². The highest BCUT2D eigenvalue weighted by Gasteiger charge is 2.42. The molecular formula is C34H40N4O5S. The van der Waals surface area contributed by atoms with Gasteiger partial charge in [-0.05, 0) is 81.5 Å². The van der Waals surface area contributed by atoms with Crippen LogP contribution < -0.4 is 11.1 Å². The Hall–Kier alpha value is -3.99. The summed E-state index contributed by atoms with van der Waals surface area (Å²) < 4.78 is 35.3. The molecule has 3 aromatic carbocycles. The number of sulfonamides is 1. The molecule has 1 amide bonds. The van der Waals surface area contributed by atoms with Crippen molar-refractivity contribution in [1.29, 1.82) is 0 Å². The van der Waals surface area contributed by atoms with Crippen LogP contribution in [0.2, 0.25) is 0 Å². The second kappa shape index (κ2) is 12.9. The minimum Gasteiger partial charge on any atom is -0.458 e. The van der Waals surface area contributed by atoms with Gasteiger partial charge in [0, 0.05) is 23.0 Å². The number of nitrogens with one attached hydrogen (secondary N) is 2. The number of benzene rings is 3. The number of carbonyl (C=O) groups is 2. The molecule has 0 spiro atoms. The summed E-state index contributed by atoms with van der Waals surface area (Å²) in [6.07, 6.45) is 1.76. The Morgan fingerprint density at radius 1 is 0.977 bits per heavy atom. The lowest BCUT2D eigenvalue weighted by molar-refractivity contribution is -0.159. The van der Waals surface area contributed by atoms with Crippen LogP contribution in [0.1, 0.15) is 51.3 Å². The standard InChI is InChI=1S/C34H40N4O5S/c1-34(2,3)43-33(40)29(15-9-10-20-35)37-32(39)31-21-27-26-13-7-8-14-28(26)36-30(27)22-38(31)44(41,42)25-18-16-24(17-19-25)23-11-5-4-6-12-23/h4-8,11-14,16-19,29,31,36H,9-10,15,20-22,35H2,1-3H3,(H,37,39). The van der Waals surface area contributed by atoms with Gasteiger partial charge in [0.15, 0.2) is 0 Å². The predicted octanol–water partition coefficient (Wildman–Crippen LogP) is 4.91. The van der Waals surface area contributed by atoms with Crippen LogP contribution in [0.15, 0.2) is 83.8 Å². The van der Waals surface area contributed by atoms with Crippen molar-refractivity contribution in [3.05, 3.63) is 90.1 Å². The minimum absolute atomic E-state index is 0.0187. The largest absolute Gasteiger partial charge is 0.458 e. The molecule has 10 heteroatoms. The van der Waals surface area contributed by atoms with E-state index in [9.17, 15) is 18.0 Å². The summed E-state index contributed by atoms with van der Waals surface area (Å²) in [5.41, 5.74) is 9.28. The maximum Gasteiger partial charge on any atom is 0.329 e. The maximum absolute atomic E-state index is 14.2.